The Kier molecular flexibility index (Phi) is 5.03. The fourth-order valence-corrected chi connectivity index (χ4v) is 4.12. The highest BCUT2D eigenvalue weighted by Gasteiger charge is 2.32. The van der Waals surface area contributed by atoms with Gasteiger partial charge in [-0.2, -0.15) is 13.2 Å². The van der Waals surface area contributed by atoms with Crippen molar-refractivity contribution in [1.29, 1.82) is 0 Å². The lowest BCUT2D eigenvalue weighted by molar-refractivity contribution is -0.137. The Hall–Kier alpha value is -2.88. The third-order valence-electron chi connectivity index (χ3n) is 4.81. The van der Waals surface area contributed by atoms with Crippen LogP contribution in [0.3, 0.4) is 0 Å². The van der Waals surface area contributed by atoms with Gasteiger partial charge >= 0.3 is 6.18 Å². The molecule has 152 valence electrons. The molecule has 1 aromatic carbocycles. The topological polar surface area (TPSA) is 67.2 Å². The minimum atomic E-state index is -4.52. The van der Waals surface area contributed by atoms with Crippen LogP contribution < -0.4 is 15.8 Å². The highest BCUT2D eigenvalue weighted by Crippen LogP contribution is 2.36. The van der Waals surface area contributed by atoms with Gasteiger partial charge in [0.25, 0.3) is 5.56 Å². The SMILES string of the molecule is O=C(Cn1cnc2sccc2c1=O)Nc1cc(C(F)(F)F)ccc1N1CCCC1. The molecule has 0 atom stereocenters. The first kappa shape index (κ1) is 19.4. The number of carbonyl (C=O) groups excluding carboxylic acids is 1. The number of amides is 1. The average molecular weight is 422 g/mol. The number of nitrogens with one attached hydrogen (secondary N) is 1. The zero-order valence-electron chi connectivity index (χ0n) is 15.2. The molecule has 3 aromatic rings. The van der Waals surface area contributed by atoms with Crippen LogP contribution in [0.5, 0.6) is 0 Å². The maximum atomic E-state index is 13.2. The second-order valence-electron chi connectivity index (χ2n) is 6.79. The molecular weight excluding hydrogens is 405 g/mol. The van der Waals surface area contributed by atoms with Crippen molar-refractivity contribution in [3.63, 3.8) is 0 Å². The molecule has 4 rings (SSSR count). The van der Waals surface area contributed by atoms with E-state index >= 15 is 0 Å². The molecule has 1 amide bonds. The monoisotopic (exact) mass is 422 g/mol. The number of alkyl halides is 3. The van der Waals surface area contributed by atoms with E-state index in [0.717, 1.165) is 29.5 Å². The summed E-state index contributed by atoms with van der Waals surface area (Å²) < 4.78 is 40.6. The van der Waals surface area contributed by atoms with Crippen molar-refractivity contribution in [2.45, 2.75) is 25.6 Å². The Morgan fingerprint density at radius 1 is 1.21 bits per heavy atom. The van der Waals surface area contributed by atoms with E-state index in [0.29, 0.717) is 29.0 Å². The van der Waals surface area contributed by atoms with Gasteiger partial charge in [-0.1, -0.05) is 0 Å². The number of halogens is 3. The summed E-state index contributed by atoms with van der Waals surface area (Å²) in [5.74, 6) is -0.594. The highest BCUT2D eigenvalue weighted by atomic mass is 32.1. The van der Waals surface area contributed by atoms with Gasteiger partial charge in [-0.15, -0.1) is 11.3 Å². The van der Waals surface area contributed by atoms with Crippen molar-refractivity contribution >= 4 is 38.8 Å². The molecule has 0 spiro atoms. The molecule has 0 bridgehead atoms. The second kappa shape index (κ2) is 7.51. The van der Waals surface area contributed by atoms with Gasteiger partial charge in [0.2, 0.25) is 5.91 Å². The minimum absolute atomic E-state index is 0.0874. The number of thiophene rings is 1. The van der Waals surface area contributed by atoms with Gasteiger partial charge in [-0.25, -0.2) is 4.98 Å². The van der Waals surface area contributed by atoms with Crippen molar-refractivity contribution in [3.05, 3.63) is 51.9 Å². The lowest BCUT2D eigenvalue weighted by Crippen LogP contribution is -2.28. The van der Waals surface area contributed by atoms with Gasteiger partial charge in [0, 0.05) is 13.1 Å². The number of fused-ring (bicyclic) bond motifs is 1. The molecule has 0 aliphatic carbocycles. The van der Waals surface area contributed by atoms with Crippen LogP contribution in [-0.4, -0.2) is 28.5 Å². The number of carbonyl (C=O) groups is 1. The fraction of sp³-hybridized carbons (Fsp3) is 0.316. The number of hydrogen-bond acceptors (Lipinski definition) is 5. The van der Waals surface area contributed by atoms with E-state index < -0.39 is 17.6 Å². The van der Waals surface area contributed by atoms with Crippen LogP contribution in [0.2, 0.25) is 0 Å². The average Bonchev–Trinajstić information content (AvgIpc) is 3.35. The molecule has 0 saturated carbocycles. The Morgan fingerprint density at radius 3 is 2.69 bits per heavy atom. The fourth-order valence-electron chi connectivity index (χ4n) is 3.40. The van der Waals surface area contributed by atoms with E-state index in [1.807, 2.05) is 4.90 Å². The smallest absolute Gasteiger partial charge is 0.370 e. The van der Waals surface area contributed by atoms with Gasteiger partial charge in [0.15, 0.2) is 0 Å². The summed E-state index contributed by atoms with van der Waals surface area (Å²) in [6.07, 6.45) is -1.37. The van der Waals surface area contributed by atoms with Crippen LogP contribution in [0.4, 0.5) is 24.5 Å². The van der Waals surface area contributed by atoms with E-state index in [9.17, 15) is 22.8 Å². The van der Waals surface area contributed by atoms with Crippen molar-refractivity contribution in [3.8, 4) is 0 Å². The van der Waals surface area contributed by atoms with Gasteiger partial charge in [0.1, 0.15) is 11.4 Å². The first-order valence-corrected chi connectivity index (χ1v) is 9.89. The molecule has 1 N–H and O–H groups in total. The summed E-state index contributed by atoms with van der Waals surface area (Å²) in [6, 6.07) is 4.97. The maximum absolute atomic E-state index is 13.2. The molecule has 1 saturated heterocycles. The quantitative estimate of drug-likeness (QED) is 0.696. The first-order valence-electron chi connectivity index (χ1n) is 9.01. The molecule has 0 radical (unpaired) electrons. The van der Waals surface area contributed by atoms with Gasteiger partial charge in [-0.3, -0.25) is 14.2 Å². The summed E-state index contributed by atoms with van der Waals surface area (Å²) in [5, 5.41) is 4.69. The molecule has 1 fully saturated rings. The molecule has 0 unspecified atom stereocenters. The zero-order chi connectivity index (χ0) is 20.6. The molecular formula is C19H17F3N4O2S. The van der Waals surface area contributed by atoms with Gasteiger partial charge in [0.05, 0.1) is 28.7 Å². The van der Waals surface area contributed by atoms with Gasteiger partial charge < -0.3 is 10.2 Å². The second-order valence-corrected chi connectivity index (χ2v) is 7.68. The Bertz CT molecular complexity index is 1120. The van der Waals surface area contributed by atoms with Crippen LogP contribution in [-0.2, 0) is 17.5 Å². The molecule has 1 aliphatic heterocycles. The van der Waals surface area contributed by atoms with Crippen molar-refractivity contribution < 1.29 is 18.0 Å². The molecule has 29 heavy (non-hydrogen) atoms. The lowest BCUT2D eigenvalue weighted by Gasteiger charge is -2.23. The third kappa shape index (κ3) is 3.98. The molecule has 1 aliphatic rings. The predicted molar refractivity (Wildman–Crippen MR) is 105 cm³/mol. The van der Waals surface area contributed by atoms with E-state index in [1.54, 1.807) is 11.4 Å². The largest absolute Gasteiger partial charge is 0.416 e. The van der Waals surface area contributed by atoms with Crippen LogP contribution in [0, 0.1) is 0 Å². The van der Waals surface area contributed by atoms with Gasteiger partial charge in [-0.05, 0) is 42.5 Å². The molecule has 3 heterocycles. The maximum Gasteiger partial charge on any atom is 0.416 e. The molecule has 2 aromatic heterocycles. The van der Waals surface area contributed by atoms with E-state index in [4.69, 9.17) is 0 Å². The highest BCUT2D eigenvalue weighted by molar-refractivity contribution is 7.16. The van der Waals surface area contributed by atoms with Crippen molar-refractivity contribution in [2.24, 2.45) is 0 Å². The Morgan fingerprint density at radius 2 is 1.97 bits per heavy atom. The number of nitrogens with zero attached hydrogens (tertiary/aromatic N) is 3. The summed E-state index contributed by atoms with van der Waals surface area (Å²) in [4.78, 5) is 31.6. The normalized spacial score (nSPS) is 14.5. The summed E-state index contributed by atoms with van der Waals surface area (Å²) in [5.41, 5.74) is -0.573. The molecule has 10 heteroatoms. The third-order valence-corrected chi connectivity index (χ3v) is 5.63. The number of rotatable bonds is 4. The van der Waals surface area contributed by atoms with Crippen LogP contribution in [0.25, 0.3) is 10.2 Å². The minimum Gasteiger partial charge on any atom is -0.370 e. The Balaban J connectivity index is 1.61. The van der Waals surface area contributed by atoms with Crippen molar-refractivity contribution in [1.82, 2.24) is 9.55 Å². The standard InChI is InChI=1S/C19H17F3N4O2S/c20-19(21,22)12-3-4-15(25-6-1-2-7-25)14(9-12)24-16(27)10-26-11-23-17-13(18(26)28)5-8-29-17/h3-5,8-9,11H,1-2,6-7,10H2,(H,24,27). The van der Waals surface area contributed by atoms with Crippen molar-refractivity contribution in [2.75, 3.05) is 23.3 Å². The van der Waals surface area contributed by atoms with E-state index in [-0.39, 0.29) is 17.8 Å². The van der Waals surface area contributed by atoms with E-state index in [1.165, 1.54) is 23.7 Å². The van der Waals surface area contributed by atoms with Crippen LogP contribution >= 0.6 is 11.3 Å². The Labute approximate surface area is 167 Å². The predicted octanol–water partition coefficient (Wildman–Crippen LogP) is 3.72. The van der Waals surface area contributed by atoms with Crippen LogP contribution in [0.15, 0.2) is 40.8 Å². The number of benzene rings is 1. The van der Waals surface area contributed by atoms with E-state index in [2.05, 4.69) is 10.3 Å². The molecule has 6 nitrogen and oxygen atoms in total. The summed E-state index contributed by atoms with van der Waals surface area (Å²) in [7, 11) is 0. The number of aromatic nitrogens is 2. The zero-order valence-corrected chi connectivity index (χ0v) is 16.0. The summed E-state index contributed by atoms with van der Waals surface area (Å²) in [6.45, 7) is 1.09. The summed E-state index contributed by atoms with van der Waals surface area (Å²) >= 11 is 1.31. The first-order chi connectivity index (χ1) is 13.8. The van der Waals surface area contributed by atoms with Crippen LogP contribution in [0.1, 0.15) is 18.4 Å². The number of anilines is 2. The number of hydrogen-bond donors (Lipinski definition) is 1. The lowest BCUT2D eigenvalue weighted by atomic mass is 10.1.